The molecule has 0 fully saturated rings. The molecule has 0 spiro atoms. The average Bonchev–Trinajstić information content (AvgIpc) is 2.57. The Labute approximate surface area is 140 Å². The van der Waals surface area contributed by atoms with E-state index in [1.165, 1.54) is 11.1 Å². The maximum Gasteiger partial charge on any atom is 0.104 e. The summed E-state index contributed by atoms with van der Waals surface area (Å²) in [6, 6.07) is 21.0. The molecule has 0 aromatic heterocycles. The first-order valence-corrected chi connectivity index (χ1v) is 8.45. The molecule has 0 aliphatic carbocycles. The van der Waals surface area contributed by atoms with Crippen LogP contribution < -0.4 is 0 Å². The molecule has 120 valence electrons. The lowest BCUT2D eigenvalue weighted by Crippen LogP contribution is -2.01. The van der Waals surface area contributed by atoms with Crippen LogP contribution in [0.15, 0.2) is 84.3 Å². The summed E-state index contributed by atoms with van der Waals surface area (Å²) in [5.74, 6) is 2.07. The molecular weight excluding hydrogens is 280 g/mol. The Bertz CT molecular complexity index is 566. The van der Waals surface area contributed by atoms with Gasteiger partial charge in [-0.25, -0.2) is 0 Å². The number of hydrogen-bond acceptors (Lipinski definition) is 1. The van der Waals surface area contributed by atoms with Gasteiger partial charge in [0.2, 0.25) is 0 Å². The van der Waals surface area contributed by atoms with Crippen molar-refractivity contribution in [1.82, 2.24) is 0 Å². The molecule has 2 rings (SSSR count). The molecular formula is C22H26O. The molecule has 0 amide bonds. The largest absolute Gasteiger partial charge is 0.466 e. The fraction of sp³-hybridized carbons (Fsp3) is 0.273. The van der Waals surface area contributed by atoms with Crippen molar-refractivity contribution in [3.63, 3.8) is 0 Å². The molecule has 0 saturated heterocycles. The van der Waals surface area contributed by atoms with Crippen LogP contribution in [0.2, 0.25) is 0 Å². The van der Waals surface area contributed by atoms with Crippen molar-refractivity contribution < 1.29 is 4.74 Å². The third kappa shape index (κ3) is 6.15. The quantitative estimate of drug-likeness (QED) is 0.537. The summed E-state index contributed by atoms with van der Waals surface area (Å²) < 4.78 is 6.26. The summed E-state index contributed by atoms with van der Waals surface area (Å²) in [6.07, 6.45) is 8.00. The average molecular weight is 306 g/mol. The number of rotatable bonds is 8. The lowest BCUT2D eigenvalue weighted by Gasteiger charge is -2.14. The standard InChI is InChI=1S/C22H26O/c1-3-11-21(17-19-13-7-5-8-14-19)23-22(12-4-2)18-20-15-9-6-10-16-20/h5-16H,3-4,17-18H2,1-2H3. The minimum absolute atomic E-state index is 0.838. The Morgan fingerprint density at radius 1 is 0.696 bits per heavy atom. The first kappa shape index (κ1) is 17.1. The van der Waals surface area contributed by atoms with Gasteiger partial charge in [-0.1, -0.05) is 74.5 Å². The second-order valence-electron chi connectivity index (χ2n) is 5.58. The smallest absolute Gasteiger partial charge is 0.104 e. The van der Waals surface area contributed by atoms with Gasteiger partial charge in [-0.05, 0) is 36.1 Å². The predicted octanol–water partition coefficient (Wildman–Crippen LogP) is 6.08. The summed E-state index contributed by atoms with van der Waals surface area (Å²) >= 11 is 0. The van der Waals surface area contributed by atoms with Gasteiger partial charge in [0.25, 0.3) is 0 Å². The van der Waals surface area contributed by atoms with E-state index >= 15 is 0 Å². The maximum atomic E-state index is 6.26. The highest BCUT2D eigenvalue weighted by molar-refractivity contribution is 5.23. The van der Waals surface area contributed by atoms with E-state index in [1.54, 1.807) is 0 Å². The van der Waals surface area contributed by atoms with Gasteiger partial charge < -0.3 is 4.74 Å². The minimum Gasteiger partial charge on any atom is -0.466 e. The lowest BCUT2D eigenvalue weighted by atomic mass is 10.1. The molecule has 0 aliphatic rings. The summed E-state index contributed by atoms with van der Waals surface area (Å²) in [4.78, 5) is 0. The van der Waals surface area contributed by atoms with E-state index in [2.05, 4.69) is 74.5 Å². The van der Waals surface area contributed by atoms with E-state index in [4.69, 9.17) is 4.74 Å². The van der Waals surface area contributed by atoms with Gasteiger partial charge in [-0.3, -0.25) is 0 Å². The van der Waals surface area contributed by atoms with Gasteiger partial charge >= 0.3 is 0 Å². The normalized spacial score (nSPS) is 12.3. The minimum atomic E-state index is 0.838. The monoisotopic (exact) mass is 306 g/mol. The summed E-state index contributed by atoms with van der Waals surface area (Å²) in [5, 5.41) is 0. The molecule has 23 heavy (non-hydrogen) atoms. The molecule has 1 nitrogen and oxygen atoms in total. The zero-order chi connectivity index (χ0) is 16.3. The fourth-order valence-electron chi connectivity index (χ4n) is 2.52. The number of ether oxygens (including phenoxy) is 1. The Morgan fingerprint density at radius 3 is 1.43 bits per heavy atom. The SMILES string of the molecule is CCC=C(Cc1ccccc1)OC(=CCC)Cc1ccccc1. The van der Waals surface area contributed by atoms with Crippen LogP contribution in [-0.2, 0) is 17.6 Å². The van der Waals surface area contributed by atoms with Crippen LogP contribution in [0, 0.1) is 0 Å². The molecule has 0 aliphatic heterocycles. The molecule has 0 N–H and O–H groups in total. The van der Waals surface area contributed by atoms with E-state index < -0.39 is 0 Å². The molecule has 1 heteroatoms. The Kier molecular flexibility index (Phi) is 7.19. The van der Waals surface area contributed by atoms with Gasteiger partial charge in [0, 0.05) is 12.8 Å². The molecule has 0 radical (unpaired) electrons. The van der Waals surface area contributed by atoms with E-state index in [-0.39, 0.29) is 0 Å². The number of benzene rings is 2. The van der Waals surface area contributed by atoms with Gasteiger partial charge in [-0.2, -0.15) is 0 Å². The van der Waals surface area contributed by atoms with Gasteiger partial charge in [-0.15, -0.1) is 0 Å². The van der Waals surface area contributed by atoms with Crippen molar-refractivity contribution in [3.05, 3.63) is 95.5 Å². The highest BCUT2D eigenvalue weighted by Crippen LogP contribution is 2.18. The molecule has 0 unspecified atom stereocenters. The van der Waals surface area contributed by atoms with Crippen molar-refractivity contribution in [2.24, 2.45) is 0 Å². The van der Waals surface area contributed by atoms with Crippen molar-refractivity contribution >= 4 is 0 Å². The van der Waals surface area contributed by atoms with Crippen LogP contribution in [0.5, 0.6) is 0 Å². The fourth-order valence-corrected chi connectivity index (χ4v) is 2.52. The van der Waals surface area contributed by atoms with Gasteiger partial charge in [0.05, 0.1) is 0 Å². The first-order valence-electron chi connectivity index (χ1n) is 8.45. The highest BCUT2D eigenvalue weighted by Gasteiger charge is 2.06. The zero-order valence-corrected chi connectivity index (χ0v) is 14.2. The molecule has 0 atom stereocenters. The molecule has 0 heterocycles. The summed E-state index contributed by atoms with van der Waals surface area (Å²) in [5.41, 5.74) is 2.56. The second-order valence-corrected chi connectivity index (χ2v) is 5.58. The molecule has 0 saturated carbocycles. The van der Waals surface area contributed by atoms with Crippen LogP contribution >= 0.6 is 0 Å². The Hall–Kier alpha value is -2.28. The van der Waals surface area contributed by atoms with E-state index in [0.717, 1.165) is 37.2 Å². The van der Waals surface area contributed by atoms with E-state index in [9.17, 15) is 0 Å². The summed E-state index contributed by atoms with van der Waals surface area (Å²) in [7, 11) is 0. The second kappa shape index (κ2) is 9.68. The van der Waals surface area contributed by atoms with Crippen LogP contribution in [0.4, 0.5) is 0 Å². The third-order valence-electron chi connectivity index (χ3n) is 3.57. The predicted molar refractivity (Wildman–Crippen MR) is 98.1 cm³/mol. The van der Waals surface area contributed by atoms with Gasteiger partial charge in [0.1, 0.15) is 11.5 Å². The molecule has 0 bridgehead atoms. The first-order chi connectivity index (χ1) is 11.3. The zero-order valence-electron chi connectivity index (χ0n) is 14.2. The van der Waals surface area contributed by atoms with Crippen molar-refractivity contribution in [2.75, 3.05) is 0 Å². The van der Waals surface area contributed by atoms with E-state index in [1.807, 2.05) is 12.1 Å². The maximum absolute atomic E-state index is 6.26. The Morgan fingerprint density at radius 2 is 1.09 bits per heavy atom. The van der Waals surface area contributed by atoms with Crippen molar-refractivity contribution in [3.8, 4) is 0 Å². The van der Waals surface area contributed by atoms with Crippen LogP contribution in [0.1, 0.15) is 37.8 Å². The van der Waals surface area contributed by atoms with Crippen LogP contribution in [0.25, 0.3) is 0 Å². The van der Waals surface area contributed by atoms with Crippen molar-refractivity contribution in [2.45, 2.75) is 39.5 Å². The van der Waals surface area contributed by atoms with Gasteiger partial charge in [0.15, 0.2) is 0 Å². The number of allylic oxidation sites excluding steroid dienone is 4. The highest BCUT2D eigenvalue weighted by atomic mass is 16.5. The molecule has 2 aromatic rings. The third-order valence-corrected chi connectivity index (χ3v) is 3.57. The molecule has 2 aromatic carbocycles. The number of hydrogen-bond donors (Lipinski definition) is 0. The Balaban J connectivity index is 2.09. The topological polar surface area (TPSA) is 9.23 Å². The van der Waals surface area contributed by atoms with Crippen LogP contribution in [-0.4, -0.2) is 0 Å². The lowest BCUT2D eigenvalue weighted by molar-refractivity contribution is 0.285. The van der Waals surface area contributed by atoms with Crippen molar-refractivity contribution in [1.29, 1.82) is 0 Å². The van der Waals surface area contributed by atoms with E-state index in [0.29, 0.717) is 0 Å². The van der Waals surface area contributed by atoms with Crippen LogP contribution in [0.3, 0.4) is 0 Å². The summed E-state index contributed by atoms with van der Waals surface area (Å²) in [6.45, 7) is 4.30.